The molecule has 24 heavy (non-hydrogen) atoms. The first kappa shape index (κ1) is 16.3. The predicted octanol–water partition coefficient (Wildman–Crippen LogP) is 3.01. The summed E-state index contributed by atoms with van der Waals surface area (Å²) in [5.74, 6) is 1.55. The van der Waals surface area contributed by atoms with Gasteiger partial charge in [-0.05, 0) is 49.1 Å². The Morgan fingerprint density at radius 1 is 1.12 bits per heavy atom. The fourth-order valence-corrected chi connectivity index (χ4v) is 2.87. The standard InChI is InChI=1S/C19H23N3O2/c1-24-16-10-8-15(9-11-16)14-20-19(23)17-6-5-7-18(21-17)22-12-3-2-4-13-22/h5-11H,2-4,12-14H2,1H3,(H,20,23). The molecule has 0 atom stereocenters. The van der Waals surface area contributed by atoms with Crippen LogP contribution in [0.2, 0.25) is 0 Å². The highest BCUT2D eigenvalue weighted by Crippen LogP contribution is 2.18. The van der Waals surface area contributed by atoms with Crippen LogP contribution in [-0.2, 0) is 6.54 Å². The lowest BCUT2D eigenvalue weighted by Gasteiger charge is -2.27. The van der Waals surface area contributed by atoms with E-state index in [1.165, 1.54) is 19.3 Å². The second-order valence-electron chi connectivity index (χ2n) is 5.96. The minimum atomic E-state index is -0.148. The minimum absolute atomic E-state index is 0.148. The predicted molar refractivity (Wildman–Crippen MR) is 94.5 cm³/mol. The monoisotopic (exact) mass is 325 g/mol. The molecule has 2 aromatic rings. The summed E-state index contributed by atoms with van der Waals surface area (Å²) in [7, 11) is 1.64. The van der Waals surface area contributed by atoms with Crippen LogP contribution in [0.3, 0.4) is 0 Å². The van der Waals surface area contributed by atoms with E-state index in [0.29, 0.717) is 12.2 Å². The minimum Gasteiger partial charge on any atom is -0.497 e. The number of nitrogens with one attached hydrogen (secondary N) is 1. The number of carbonyl (C=O) groups is 1. The third-order valence-electron chi connectivity index (χ3n) is 4.26. The van der Waals surface area contributed by atoms with Gasteiger partial charge in [-0.15, -0.1) is 0 Å². The molecule has 2 heterocycles. The van der Waals surface area contributed by atoms with Crippen LogP contribution in [0.15, 0.2) is 42.5 Å². The lowest BCUT2D eigenvalue weighted by molar-refractivity contribution is 0.0946. The maximum absolute atomic E-state index is 12.4. The molecular weight excluding hydrogens is 302 g/mol. The number of methoxy groups -OCH3 is 1. The number of aromatic nitrogens is 1. The molecule has 1 saturated heterocycles. The molecule has 1 aromatic heterocycles. The fraction of sp³-hybridized carbons (Fsp3) is 0.368. The van der Waals surface area contributed by atoms with Crippen molar-refractivity contribution in [3.05, 3.63) is 53.7 Å². The van der Waals surface area contributed by atoms with Crippen LogP contribution in [-0.4, -0.2) is 31.1 Å². The van der Waals surface area contributed by atoms with Gasteiger partial charge in [0.05, 0.1) is 7.11 Å². The molecule has 5 heteroatoms. The smallest absolute Gasteiger partial charge is 0.270 e. The fourth-order valence-electron chi connectivity index (χ4n) is 2.87. The lowest BCUT2D eigenvalue weighted by atomic mass is 10.1. The van der Waals surface area contributed by atoms with Crippen molar-refractivity contribution in [2.24, 2.45) is 0 Å². The van der Waals surface area contributed by atoms with Crippen LogP contribution in [0.5, 0.6) is 5.75 Å². The van der Waals surface area contributed by atoms with Crippen molar-refractivity contribution < 1.29 is 9.53 Å². The zero-order chi connectivity index (χ0) is 16.8. The molecule has 0 aliphatic carbocycles. The highest BCUT2D eigenvalue weighted by atomic mass is 16.5. The van der Waals surface area contributed by atoms with Crippen LogP contribution < -0.4 is 15.0 Å². The molecular formula is C19H23N3O2. The number of hydrogen-bond donors (Lipinski definition) is 1. The molecule has 3 rings (SSSR count). The maximum atomic E-state index is 12.4. The number of hydrogen-bond acceptors (Lipinski definition) is 4. The molecule has 0 spiro atoms. The molecule has 1 amide bonds. The zero-order valence-electron chi connectivity index (χ0n) is 14.0. The third-order valence-corrected chi connectivity index (χ3v) is 4.26. The van der Waals surface area contributed by atoms with Crippen molar-refractivity contribution >= 4 is 11.7 Å². The van der Waals surface area contributed by atoms with Crippen molar-refractivity contribution in [1.82, 2.24) is 10.3 Å². The van der Waals surface area contributed by atoms with Crippen molar-refractivity contribution in [3.8, 4) is 5.75 Å². The van der Waals surface area contributed by atoms with Crippen molar-refractivity contribution in [3.63, 3.8) is 0 Å². The van der Waals surface area contributed by atoms with E-state index < -0.39 is 0 Å². The number of ether oxygens (including phenoxy) is 1. The first-order valence-corrected chi connectivity index (χ1v) is 8.39. The summed E-state index contributed by atoms with van der Waals surface area (Å²) in [6.45, 7) is 2.51. The molecule has 126 valence electrons. The number of benzene rings is 1. The van der Waals surface area contributed by atoms with Gasteiger partial charge in [0.25, 0.3) is 5.91 Å². The lowest BCUT2D eigenvalue weighted by Crippen LogP contribution is -2.31. The summed E-state index contributed by atoms with van der Waals surface area (Å²) in [5.41, 5.74) is 1.49. The van der Waals surface area contributed by atoms with Crippen molar-refractivity contribution in [2.45, 2.75) is 25.8 Å². The molecule has 0 unspecified atom stereocenters. The Morgan fingerprint density at radius 2 is 1.88 bits per heavy atom. The first-order valence-electron chi connectivity index (χ1n) is 8.39. The summed E-state index contributed by atoms with van der Waals surface area (Å²) < 4.78 is 5.13. The highest BCUT2D eigenvalue weighted by molar-refractivity contribution is 5.92. The molecule has 0 bridgehead atoms. The Hall–Kier alpha value is -2.56. The molecule has 0 radical (unpaired) electrons. The molecule has 1 aliphatic heterocycles. The van der Waals surface area contributed by atoms with Gasteiger partial charge in [0.2, 0.25) is 0 Å². The molecule has 1 N–H and O–H groups in total. The van der Waals surface area contributed by atoms with Crippen LogP contribution in [0.25, 0.3) is 0 Å². The Bertz CT molecular complexity index is 679. The summed E-state index contributed by atoms with van der Waals surface area (Å²) >= 11 is 0. The summed E-state index contributed by atoms with van der Waals surface area (Å²) in [6.07, 6.45) is 3.66. The summed E-state index contributed by atoms with van der Waals surface area (Å²) in [4.78, 5) is 19.1. The average Bonchev–Trinajstić information content (AvgIpc) is 2.67. The van der Waals surface area contributed by atoms with Gasteiger partial charge in [-0.3, -0.25) is 4.79 Å². The molecule has 1 aliphatic rings. The second-order valence-corrected chi connectivity index (χ2v) is 5.96. The highest BCUT2D eigenvalue weighted by Gasteiger charge is 2.14. The van der Waals surface area contributed by atoms with Gasteiger partial charge in [-0.1, -0.05) is 18.2 Å². The first-order chi connectivity index (χ1) is 11.8. The van der Waals surface area contributed by atoms with Gasteiger partial charge >= 0.3 is 0 Å². The number of nitrogens with zero attached hydrogens (tertiary/aromatic N) is 2. The molecule has 0 saturated carbocycles. The van der Waals surface area contributed by atoms with Gasteiger partial charge in [0.1, 0.15) is 17.3 Å². The molecule has 1 fully saturated rings. The molecule has 1 aromatic carbocycles. The van der Waals surface area contributed by atoms with E-state index in [0.717, 1.165) is 30.2 Å². The van der Waals surface area contributed by atoms with Gasteiger partial charge < -0.3 is 15.0 Å². The Morgan fingerprint density at radius 3 is 2.58 bits per heavy atom. The van der Waals surface area contributed by atoms with Gasteiger partial charge in [0, 0.05) is 19.6 Å². The number of carbonyl (C=O) groups excluding carboxylic acids is 1. The molecule has 5 nitrogen and oxygen atoms in total. The van der Waals surface area contributed by atoms with Gasteiger partial charge in [-0.2, -0.15) is 0 Å². The second kappa shape index (κ2) is 7.81. The van der Waals surface area contributed by atoms with E-state index in [1.807, 2.05) is 36.4 Å². The van der Waals surface area contributed by atoms with Crippen LogP contribution in [0, 0.1) is 0 Å². The summed E-state index contributed by atoms with van der Waals surface area (Å²) in [5, 5.41) is 2.92. The summed E-state index contributed by atoms with van der Waals surface area (Å²) in [6, 6.07) is 13.3. The van der Waals surface area contributed by atoms with E-state index in [2.05, 4.69) is 15.2 Å². The number of anilines is 1. The maximum Gasteiger partial charge on any atom is 0.270 e. The number of pyridine rings is 1. The van der Waals surface area contributed by atoms with Gasteiger partial charge in [0.15, 0.2) is 0 Å². The van der Waals surface area contributed by atoms with E-state index in [9.17, 15) is 4.79 Å². The Labute approximate surface area is 142 Å². The van der Waals surface area contributed by atoms with Crippen LogP contribution >= 0.6 is 0 Å². The Balaban J connectivity index is 1.61. The van der Waals surface area contributed by atoms with Crippen molar-refractivity contribution in [1.29, 1.82) is 0 Å². The third kappa shape index (κ3) is 4.04. The van der Waals surface area contributed by atoms with Crippen molar-refractivity contribution in [2.75, 3.05) is 25.1 Å². The van der Waals surface area contributed by atoms with Crippen LogP contribution in [0.4, 0.5) is 5.82 Å². The largest absolute Gasteiger partial charge is 0.497 e. The van der Waals surface area contributed by atoms with E-state index in [1.54, 1.807) is 13.2 Å². The average molecular weight is 325 g/mol. The number of rotatable bonds is 5. The Kier molecular flexibility index (Phi) is 5.31. The number of amides is 1. The van der Waals surface area contributed by atoms with Gasteiger partial charge in [-0.25, -0.2) is 4.98 Å². The number of piperidine rings is 1. The zero-order valence-corrected chi connectivity index (χ0v) is 14.0. The van der Waals surface area contributed by atoms with Crippen LogP contribution in [0.1, 0.15) is 35.3 Å². The van der Waals surface area contributed by atoms with E-state index in [4.69, 9.17) is 4.74 Å². The topological polar surface area (TPSA) is 54.5 Å². The van der Waals surface area contributed by atoms with E-state index in [-0.39, 0.29) is 5.91 Å². The normalized spacial score (nSPS) is 14.3. The SMILES string of the molecule is COc1ccc(CNC(=O)c2cccc(N3CCCCC3)n2)cc1. The van der Waals surface area contributed by atoms with E-state index >= 15 is 0 Å². The quantitative estimate of drug-likeness (QED) is 0.918.